The maximum Gasteiger partial charge on any atom is 0.341 e. The highest BCUT2D eigenvalue weighted by Gasteiger charge is 2.27. The zero-order chi connectivity index (χ0) is 20.4. The van der Waals surface area contributed by atoms with Crippen LogP contribution in [0.2, 0.25) is 0 Å². The van der Waals surface area contributed by atoms with E-state index < -0.39 is 5.97 Å². The Bertz CT molecular complexity index is 948. The maximum atomic E-state index is 12.8. The van der Waals surface area contributed by atoms with Gasteiger partial charge in [0.15, 0.2) is 0 Å². The first kappa shape index (κ1) is 19.6. The number of carbonyl (C=O) groups is 3. The van der Waals surface area contributed by atoms with Gasteiger partial charge in [0.1, 0.15) is 5.00 Å². The Hall–Kier alpha value is -2.67. The van der Waals surface area contributed by atoms with E-state index in [0.29, 0.717) is 29.1 Å². The summed E-state index contributed by atoms with van der Waals surface area (Å²) in [4.78, 5) is 40.2. The van der Waals surface area contributed by atoms with Gasteiger partial charge in [-0.25, -0.2) is 4.79 Å². The van der Waals surface area contributed by atoms with E-state index in [1.54, 1.807) is 29.2 Å². The SMILES string of the molecule is COC(=O)c1c(NC(=O)c2ccc(N3CCCCC3=O)cc2)sc2c1CCCC2. The third kappa shape index (κ3) is 3.92. The third-order valence-electron chi connectivity index (χ3n) is 5.55. The number of nitrogens with one attached hydrogen (secondary N) is 1. The molecule has 2 heterocycles. The molecule has 2 amide bonds. The zero-order valence-electron chi connectivity index (χ0n) is 16.5. The number of benzene rings is 1. The molecular formula is C22H24N2O4S. The highest BCUT2D eigenvalue weighted by atomic mass is 32.1. The lowest BCUT2D eigenvalue weighted by atomic mass is 9.95. The Labute approximate surface area is 173 Å². The minimum atomic E-state index is -0.404. The average molecular weight is 413 g/mol. The van der Waals surface area contributed by atoms with Crippen LogP contribution in [0.3, 0.4) is 0 Å². The Kier molecular flexibility index (Phi) is 5.67. The predicted octanol–water partition coefficient (Wildman–Crippen LogP) is 4.18. The maximum absolute atomic E-state index is 12.8. The van der Waals surface area contributed by atoms with Gasteiger partial charge in [-0.05, 0) is 68.4 Å². The second kappa shape index (κ2) is 8.37. The fraction of sp³-hybridized carbons (Fsp3) is 0.409. The van der Waals surface area contributed by atoms with Crippen molar-refractivity contribution in [3.05, 3.63) is 45.8 Å². The second-order valence-electron chi connectivity index (χ2n) is 7.41. The van der Waals surface area contributed by atoms with Crippen LogP contribution >= 0.6 is 11.3 Å². The van der Waals surface area contributed by atoms with Crippen LogP contribution in [0.4, 0.5) is 10.7 Å². The first-order chi connectivity index (χ1) is 14.1. The molecule has 2 aliphatic rings. The molecule has 1 N–H and O–H groups in total. The number of piperidine rings is 1. The molecule has 0 radical (unpaired) electrons. The van der Waals surface area contributed by atoms with Crippen LogP contribution in [0.5, 0.6) is 0 Å². The summed E-state index contributed by atoms with van der Waals surface area (Å²) in [6.45, 7) is 0.716. The van der Waals surface area contributed by atoms with Gasteiger partial charge in [0.05, 0.1) is 12.7 Å². The van der Waals surface area contributed by atoms with Crippen molar-refractivity contribution >= 4 is 39.8 Å². The summed E-state index contributed by atoms with van der Waals surface area (Å²) < 4.78 is 4.96. The lowest BCUT2D eigenvalue weighted by Crippen LogP contribution is -2.35. The van der Waals surface area contributed by atoms with E-state index in [1.165, 1.54) is 18.4 Å². The van der Waals surface area contributed by atoms with E-state index in [1.807, 2.05) is 0 Å². The lowest BCUT2D eigenvalue weighted by molar-refractivity contribution is -0.119. The van der Waals surface area contributed by atoms with E-state index in [4.69, 9.17) is 4.74 Å². The topological polar surface area (TPSA) is 75.7 Å². The summed E-state index contributed by atoms with van der Waals surface area (Å²) in [6, 6.07) is 7.05. The summed E-state index contributed by atoms with van der Waals surface area (Å²) in [6.07, 6.45) is 6.40. The number of methoxy groups -OCH3 is 1. The number of ether oxygens (including phenoxy) is 1. The number of nitrogens with zero attached hydrogens (tertiary/aromatic N) is 1. The van der Waals surface area contributed by atoms with E-state index in [9.17, 15) is 14.4 Å². The van der Waals surface area contributed by atoms with Crippen molar-refractivity contribution in [2.45, 2.75) is 44.9 Å². The number of thiophene rings is 1. The van der Waals surface area contributed by atoms with E-state index in [2.05, 4.69) is 5.32 Å². The third-order valence-corrected chi connectivity index (χ3v) is 6.76. The zero-order valence-corrected chi connectivity index (χ0v) is 17.3. The molecule has 0 spiro atoms. The van der Waals surface area contributed by atoms with Crippen LogP contribution in [-0.4, -0.2) is 31.4 Å². The first-order valence-corrected chi connectivity index (χ1v) is 10.8. The monoisotopic (exact) mass is 412 g/mol. The van der Waals surface area contributed by atoms with Crippen LogP contribution in [0.15, 0.2) is 24.3 Å². The number of fused-ring (bicyclic) bond motifs is 1. The molecule has 1 aliphatic heterocycles. The van der Waals surface area contributed by atoms with Gasteiger partial charge in [0.2, 0.25) is 5.91 Å². The van der Waals surface area contributed by atoms with Crippen molar-refractivity contribution in [2.24, 2.45) is 0 Å². The van der Waals surface area contributed by atoms with Crippen molar-refractivity contribution in [1.82, 2.24) is 0 Å². The van der Waals surface area contributed by atoms with Gasteiger partial charge in [-0.3, -0.25) is 9.59 Å². The van der Waals surface area contributed by atoms with Crippen LogP contribution in [-0.2, 0) is 22.4 Å². The molecule has 7 heteroatoms. The van der Waals surface area contributed by atoms with Crippen molar-refractivity contribution in [3.63, 3.8) is 0 Å². The molecule has 4 rings (SSSR count). The number of carbonyl (C=O) groups excluding carboxylic acids is 3. The van der Waals surface area contributed by atoms with E-state index in [0.717, 1.165) is 54.7 Å². The molecule has 0 saturated carbocycles. The Balaban J connectivity index is 1.54. The normalized spacial score (nSPS) is 16.3. The molecule has 152 valence electrons. The quantitative estimate of drug-likeness (QED) is 0.765. The number of esters is 1. The summed E-state index contributed by atoms with van der Waals surface area (Å²) in [5.74, 6) is -0.552. The van der Waals surface area contributed by atoms with E-state index >= 15 is 0 Å². The van der Waals surface area contributed by atoms with Gasteiger partial charge in [0, 0.05) is 29.1 Å². The molecule has 2 aromatic rings. The molecule has 0 atom stereocenters. The fourth-order valence-electron chi connectivity index (χ4n) is 4.02. The number of hydrogen-bond acceptors (Lipinski definition) is 5. The lowest BCUT2D eigenvalue weighted by Gasteiger charge is -2.26. The van der Waals surface area contributed by atoms with Gasteiger partial charge in [-0.1, -0.05) is 0 Å². The molecular weight excluding hydrogens is 388 g/mol. The van der Waals surface area contributed by atoms with Crippen LogP contribution in [0.25, 0.3) is 0 Å². The molecule has 1 aromatic carbocycles. The first-order valence-electron chi connectivity index (χ1n) is 10.0. The minimum absolute atomic E-state index is 0.125. The number of anilines is 2. The number of aryl methyl sites for hydroxylation is 1. The summed E-state index contributed by atoms with van der Waals surface area (Å²) in [5, 5.41) is 3.46. The molecule has 0 unspecified atom stereocenters. The summed E-state index contributed by atoms with van der Waals surface area (Å²) >= 11 is 1.47. The predicted molar refractivity (Wildman–Crippen MR) is 113 cm³/mol. The Morgan fingerprint density at radius 3 is 2.48 bits per heavy atom. The van der Waals surface area contributed by atoms with Crippen molar-refractivity contribution in [1.29, 1.82) is 0 Å². The van der Waals surface area contributed by atoms with Crippen LogP contribution < -0.4 is 10.2 Å². The highest BCUT2D eigenvalue weighted by Crippen LogP contribution is 2.38. The Morgan fingerprint density at radius 2 is 1.76 bits per heavy atom. The van der Waals surface area contributed by atoms with Crippen LogP contribution in [0, 0.1) is 0 Å². The largest absolute Gasteiger partial charge is 0.465 e. The smallest absolute Gasteiger partial charge is 0.341 e. The van der Waals surface area contributed by atoms with Gasteiger partial charge in [-0.2, -0.15) is 0 Å². The van der Waals surface area contributed by atoms with Crippen molar-refractivity contribution in [3.8, 4) is 0 Å². The number of rotatable bonds is 4. The Morgan fingerprint density at radius 1 is 1.03 bits per heavy atom. The van der Waals surface area contributed by atoms with Gasteiger partial charge < -0.3 is 15.0 Å². The molecule has 1 aromatic heterocycles. The molecule has 1 saturated heterocycles. The number of hydrogen-bond donors (Lipinski definition) is 1. The van der Waals surface area contributed by atoms with Crippen molar-refractivity contribution in [2.75, 3.05) is 23.9 Å². The van der Waals surface area contributed by atoms with E-state index in [-0.39, 0.29) is 11.8 Å². The molecule has 0 bridgehead atoms. The highest BCUT2D eigenvalue weighted by molar-refractivity contribution is 7.17. The number of amides is 2. The minimum Gasteiger partial charge on any atom is -0.465 e. The van der Waals surface area contributed by atoms with Gasteiger partial charge in [0.25, 0.3) is 5.91 Å². The van der Waals surface area contributed by atoms with Gasteiger partial charge >= 0.3 is 5.97 Å². The molecule has 1 fully saturated rings. The standard InChI is InChI=1S/C22H24N2O4S/c1-28-22(27)19-16-6-2-3-7-17(16)29-21(19)23-20(26)14-9-11-15(12-10-14)24-13-5-4-8-18(24)25/h9-12H,2-8,13H2,1H3,(H,23,26). The van der Waals surface area contributed by atoms with Gasteiger partial charge in [-0.15, -0.1) is 11.3 Å². The summed E-state index contributed by atoms with van der Waals surface area (Å²) in [5.41, 5.74) is 2.81. The summed E-state index contributed by atoms with van der Waals surface area (Å²) in [7, 11) is 1.36. The second-order valence-corrected chi connectivity index (χ2v) is 8.52. The van der Waals surface area contributed by atoms with Crippen LogP contribution in [0.1, 0.15) is 63.3 Å². The van der Waals surface area contributed by atoms with Crippen molar-refractivity contribution < 1.29 is 19.1 Å². The molecule has 1 aliphatic carbocycles. The fourth-order valence-corrected chi connectivity index (χ4v) is 5.29. The average Bonchev–Trinajstić information content (AvgIpc) is 3.11. The molecule has 29 heavy (non-hydrogen) atoms. The molecule has 6 nitrogen and oxygen atoms in total.